The fourth-order valence-corrected chi connectivity index (χ4v) is 3.43. The highest BCUT2D eigenvalue weighted by Crippen LogP contribution is 2.34. The zero-order valence-corrected chi connectivity index (χ0v) is 17.6. The first-order valence-corrected chi connectivity index (χ1v) is 9.83. The van der Waals surface area contributed by atoms with Crippen molar-refractivity contribution in [1.82, 2.24) is 4.98 Å². The number of nitrogens with two attached hydrogens (primary N) is 1. The highest BCUT2D eigenvalue weighted by molar-refractivity contribution is 6.13. The summed E-state index contributed by atoms with van der Waals surface area (Å²) in [4.78, 5) is 29.2. The first-order valence-electron chi connectivity index (χ1n) is 9.83. The van der Waals surface area contributed by atoms with Crippen LogP contribution in [0.3, 0.4) is 0 Å². The molecule has 0 saturated carbocycles. The normalized spacial score (nSPS) is 10.6. The third kappa shape index (κ3) is 4.09. The summed E-state index contributed by atoms with van der Waals surface area (Å²) in [5.41, 5.74) is 8.66. The molecule has 4 aromatic rings. The Morgan fingerprint density at radius 1 is 0.906 bits per heavy atom. The summed E-state index contributed by atoms with van der Waals surface area (Å²) in [5, 5.41) is 3.59. The number of hydrogen-bond donors (Lipinski definition) is 2. The van der Waals surface area contributed by atoms with Gasteiger partial charge in [0.15, 0.2) is 0 Å². The van der Waals surface area contributed by atoms with Crippen molar-refractivity contribution < 1.29 is 19.1 Å². The number of aromatic nitrogens is 1. The molecule has 7 nitrogen and oxygen atoms in total. The Labute approximate surface area is 184 Å². The van der Waals surface area contributed by atoms with E-state index in [1.54, 1.807) is 50.6 Å². The van der Waals surface area contributed by atoms with E-state index < -0.39 is 5.91 Å². The number of primary amides is 1. The Balaban J connectivity index is 1.77. The summed E-state index contributed by atoms with van der Waals surface area (Å²) in [7, 11) is 3.16. The van der Waals surface area contributed by atoms with Gasteiger partial charge in [0.25, 0.3) is 5.91 Å². The summed E-state index contributed by atoms with van der Waals surface area (Å²) in [6.45, 7) is 0. The molecule has 0 aliphatic heterocycles. The molecule has 0 aliphatic carbocycles. The smallest absolute Gasteiger partial charge is 0.256 e. The summed E-state index contributed by atoms with van der Waals surface area (Å²) in [6, 6.07) is 21.0. The van der Waals surface area contributed by atoms with Crippen LogP contribution in [0, 0.1) is 0 Å². The Kier molecular flexibility index (Phi) is 5.72. The van der Waals surface area contributed by atoms with Gasteiger partial charge in [-0.2, -0.15) is 0 Å². The maximum Gasteiger partial charge on any atom is 0.256 e. The molecule has 4 rings (SSSR count). The summed E-state index contributed by atoms with van der Waals surface area (Å²) in [6.07, 6.45) is 0. The minimum Gasteiger partial charge on any atom is -0.497 e. The molecule has 0 radical (unpaired) electrons. The molecule has 7 heteroatoms. The van der Waals surface area contributed by atoms with Crippen LogP contribution >= 0.6 is 0 Å². The van der Waals surface area contributed by atoms with E-state index >= 15 is 0 Å². The van der Waals surface area contributed by atoms with Crippen LogP contribution in [-0.4, -0.2) is 31.0 Å². The first kappa shape index (κ1) is 20.9. The maximum absolute atomic E-state index is 13.2. The van der Waals surface area contributed by atoms with E-state index in [2.05, 4.69) is 5.32 Å². The van der Waals surface area contributed by atoms with Crippen LogP contribution < -0.4 is 20.5 Å². The van der Waals surface area contributed by atoms with E-state index in [0.29, 0.717) is 39.5 Å². The number of hydrogen-bond acceptors (Lipinski definition) is 5. The molecule has 32 heavy (non-hydrogen) atoms. The average Bonchev–Trinajstić information content (AvgIpc) is 2.83. The number of carbonyl (C=O) groups excluding carboxylic acids is 2. The van der Waals surface area contributed by atoms with Crippen molar-refractivity contribution in [3.8, 4) is 22.8 Å². The van der Waals surface area contributed by atoms with Gasteiger partial charge in [0, 0.05) is 28.3 Å². The third-order valence-corrected chi connectivity index (χ3v) is 5.07. The number of rotatable bonds is 6. The van der Waals surface area contributed by atoms with Crippen LogP contribution in [0.5, 0.6) is 11.5 Å². The van der Waals surface area contributed by atoms with E-state index in [1.165, 1.54) is 0 Å². The van der Waals surface area contributed by atoms with Gasteiger partial charge in [-0.3, -0.25) is 9.59 Å². The Hall–Kier alpha value is -4.39. The minimum atomic E-state index is -0.527. The molecule has 1 heterocycles. The Bertz CT molecular complexity index is 1320. The molecular formula is C25H21N3O4. The van der Waals surface area contributed by atoms with Crippen molar-refractivity contribution in [2.75, 3.05) is 19.5 Å². The Morgan fingerprint density at radius 3 is 2.34 bits per heavy atom. The van der Waals surface area contributed by atoms with Gasteiger partial charge in [-0.15, -0.1) is 0 Å². The van der Waals surface area contributed by atoms with Gasteiger partial charge in [-0.05, 0) is 48.5 Å². The van der Waals surface area contributed by atoms with Crippen LogP contribution in [0.15, 0.2) is 72.8 Å². The molecular weight excluding hydrogens is 406 g/mol. The van der Waals surface area contributed by atoms with Gasteiger partial charge in [0.2, 0.25) is 5.91 Å². The molecule has 0 aliphatic rings. The second-order valence-electron chi connectivity index (χ2n) is 7.03. The predicted octanol–water partition coefficient (Wildman–Crippen LogP) is 4.27. The molecule has 0 fully saturated rings. The van der Waals surface area contributed by atoms with E-state index in [1.807, 2.05) is 36.4 Å². The zero-order chi connectivity index (χ0) is 22.7. The lowest BCUT2D eigenvalue weighted by Crippen LogP contribution is -2.14. The second-order valence-corrected chi connectivity index (χ2v) is 7.03. The molecule has 1 aromatic heterocycles. The van der Waals surface area contributed by atoms with Gasteiger partial charge in [-0.1, -0.05) is 18.2 Å². The highest BCUT2D eigenvalue weighted by Gasteiger charge is 2.17. The lowest BCUT2D eigenvalue weighted by atomic mass is 10.0. The van der Waals surface area contributed by atoms with Gasteiger partial charge in [0.1, 0.15) is 11.5 Å². The monoisotopic (exact) mass is 427 g/mol. The Morgan fingerprint density at radius 2 is 1.66 bits per heavy atom. The maximum atomic E-state index is 13.2. The van der Waals surface area contributed by atoms with Crippen LogP contribution in [-0.2, 0) is 0 Å². The van der Waals surface area contributed by atoms with Crippen molar-refractivity contribution in [3.63, 3.8) is 0 Å². The van der Waals surface area contributed by atoms with Crippen molar-refractivity contribution in [1.29, 1.82) is 0 Å². The lowest BCUT2D eigenvalue weighted by molar-refractivity contribution is 0.0998. The molecule has 2 amide bonds. The predicted molar refractivity (Wildman–Crippen MR) is 123 cm³/mol. The molecule has 160 valence electrons. The molecule has 3 N–H and O–H groups in total. The quantitative estimate of drug-likeness (QED) is 0.478. The van der Waals surface area contributed by atoms with Crippen LogP contribution in [0.25, 0.3) is 22.2 Å². The van der Waals surface area contributed by atoms with E-state index in [4.69, 9.17) is 20.2 Å². The highest BCUT2D eigenvalue weighted by atomic mass is 16.5. The number of ether oxygens (including phenoxy) is 2. The number of amides is 2. The third-order valence-electron chi connectivity index (χ3n) is 5.07. The second kappa shape index (κ2) is 8.77. The number of nitrogens with zero attached hydrogens (tertiary/aromatic N) is 1. The van der Waals surface area contributed by atoms with Gasteiger partial charge in [-0.25, -0.2) is 4.98 Å². The average molecular weight is 427 g/mol. The van der Waals surface area contributed by atoms with Crippen molar-refractivity contribution in [2.24, 2.45) is 5.73 Å². The number of para-hydroxylation sites is 1. The van der Waals surface area contributed by atoms with E-state index in [0.717, 1.165) is 10.9 Å². The standard InChI is InChI=1S/C25H21N3O4/c1-31-17-11-12-19(23(13-17)32-2)22-14-20(18-5-3-4-6-21(18)28-22)25(30)27-16-9-7-15(8-10-16)24(26)29/h3-14H,1-2H3,(H2,26,29)(H,27,30). The SMILES string of the molecule is COc1ccc(-c2cc(C(=O)Nc3ccc(C(N)=O)cc3)c3ccccc3n2)c(OC)c1. The number of pyridine rings is 1. The van der Waals surface area contributed by atoms with Crippen LogP contribution in [0.2, 0.25) is 0 Å². The van der Waals surface area contributed by atoms with Gasteiger partial charge >= 0.3 is 0 Å². The molecule has 0 saturated heterocycles. The number of anilines is 1. The first-order chi connectivity index (χ1) is 15.5. The largest absolute Gasteiger partial charge is 0.497 e. The van der Waals surface area contributed by atoms with Gasteiger partial charge < -0.3 is 20.5 Å². The minimum absolute atomic E-state index is 0.302. The molecule has 0 spiro atoms. The van der Waals surface area contributed by atoms with Crippen LogP contribution in [0.4, 0.5) is 5.69 Å². The summed E-state index contributed by atoms with van der Waals surface area (Å²) >= 11 is 0. The fourth-order valence-electron chi connectivity index (χ4n) is 3.43. The summed E-state index contributed by atoms with van der Waals surface area (Å²) < 4.78 is 10.8. The molecule has 0 atom stereocenters. The van der Waals surface area contributed by atoms with Crippen molar-refractivity contribution >= 4 is 28.4 Å². The lowest BCUT2D eigenvalue weighted by Gasteiger charge is -2.13. The van der Waals surface area contributed by atoms with Gasteiger partial charge in [0.05, 0.1) is 31.0 Å². The van der Waals surface area contributed by atoms with E-state index in [-0.39, 0.29) is 5.91 Å². The number of carbonyl (C=O) groups is 2. The number of nitrogens with one attached hydrogen (secondary N) is 1. The zero-order valence-electron chi connectivity index (χ0n) is 17.6. The molecule has 3 aromatic carbocycles. The van der Waals surface area contributed by atoms with Crippen molar-refractivity contribution in [2.45, 2.75) is 0 Å². The number of methoxy groups -OCH3 is 2. The fraction of sp³-hybridized carbons (Fsp3) is 0.0800. The van der Waals surface area contributed by atoms with Crippen molar-refractivity contribution in [3.05, 3.63) is 83.9 Å². The molecule has 0 unspecified atom stereocenters. The summed E-state index contributed by atoms with van der Waals surface area (Å²) in [5.74, 6) is 0.412. The van der Waals surface area contributed by atoms with E-state index in [9.17, 15) is 9.59 Å². The number of benzene rings is 3. The number of fused-ring (bicyclic) bond motifs is 1. The topological polar surface area (TPSA) is 104 Å². The molecule has 0 bridgehead atoms. The van der Waals surface area contributed by atoms with Crippen LogP contribution in [0.1, 0.15) is 20.7 Å².